The van der Waals surface area contributed by atoms with Crippen molar-refractivity contribution in [2.45, 2.75) is 379 Å². The summed E-state index contributed by atoms with van der Waals surface area (Å²) in [6.07, 6.45) is 78.2. The Morgan fingerprint density at radius 2 is 0.644 bits per heavy atom. The predicted octanol–water partition coefficient (Wildman–Crippen LogP) is 21.0. The Balaban J connectivity index is 3.35. The third-order valence-corrected chi connectivity index (χ3v) is 15.5. The maximum Gasteiger partial charge on any atom is 0.305 e. The summed E-state index contributed by atoms with van der Waals surface area (Å²) in [6, 6.07) is -0.625. The van der Waals surface area contributed by atoms with E-state index in [2.05, 4.69) is 31.3 Å². The van der Waals surface area contributed by atoms with E-state index < -0.39 is 12.1 Å². The third kappa shape index (κ3) is 59.4. The van der Waals surface area contributed by atoms with Crippen molar-refractivity contribution < 1.29 is 24.5 Å². The molecule has 0 aliphatic carbocycles. The van der Waals surface area contributed by atoms with Crippen molar-refractivity contribution >= 4 is 11.9 Å². The number of carbonyl (C=O) groups is 2. The molecule has 0 fully saturated rings. The number of unbranched alkanes of at least 4 members (excludes halogenated alkanes) is 49. The number of allylic oxidation sites excluding steroid dienone is 3. The topological polar surface area (TPSA) is 95.9 Å². The van der Waals surface area contributed by atoms with Gasteiger partial charge in [-0.05, 0) is 57.8 Å². The van der Waals surface area contributed by atoms with Crippen LogP contribution in [0.1, 0.15) is 367 Å². The maximum atomic E-state index is 12.4. The molecule has 1 amide bonds. The first-order valence-electron chi connectivity index (χ1n) is 33.1. The van der Waals surface area contributed by atoms with E-state index in [1.54, 1.807) is 6.08 Å². The van der Waals surface area contributed by atoms with E-state index in [1.807, 2.05) is 6.08 Å². The molecule has 2 unspecified atom stereocenters. The zero-order valence-electron chi connectivity index (χ0n) is 49.4. The number of nitrogens with one attached hydrogen (secondary N) is 1. The molecule has 6 heteroatoms. The highest BCUT2D eigenvalue weighted by molar-refractivity contribution is 5.76. The van der Waals surface area contributed by atoms with E-state index in [9.17, 15) is 19.8 Å². The number of carbonyl (C=O) groups excluding carboxylic acids is 2. The number of hydrogen-bond acceptors (Lipinski definition) is 5. The monoisotopic (exact) mass is 1030 g/mol. The summed E-state index contributed by atoms with van der Waals surface area (Å²) in [5.41, 5.74) is 0. The minimum absolute atomic E-state index is 0.0201. The van der Waals surface area contributed by atoms with Crippen LogP contribution in [0.2, 0.25) is 0 Å². The van der Waals surface area contributed by atoms with Crippen LogP contribution in [0.5, 0.6) is 0 Å². The zero-order chi connectivity index (χ0) is 52.9. The summed E-state index contributed by atoms with van der Waals surface area (Å²) in [7, 11) is 0. The molecule has 3 N–H and O–H groups in total. The molecular weight excluding hydrogens is 899 g/mol. The van der Waals surface area contributed by atoms with Crippen molar-refractivity contribution in [1.29, 1.82) is 0 Å². The molecule has 0 radical (unpaired) electrons. The first-order chi connectivity index (χ1) is 36.0. The summed E-state index contributed by atoms with van der Waals surface area (Å²) in [5.74, 6) is -0.0464. The summed E-state index contributed by atoms with van der Waals surface area (Å²) >= 11 is 0. The van der Waals surface area contributed by atoms with Gasteiger partial charge in [-0.25, -0.2) is 0 Å². The molecule has 432 valence electrons. The van der Waals surface area contributed by atoms with Gasteiger partial charge in [0.15, 0.2) is 0 Å². The van der Waals surface area contributed by atoms with Crippen LogP contribution in [-0.4, -0.2) is 47.4 Å². The SMILES string of the molecule is CCCCCCCCCCC/C=C/C(O)C(CO)NC(=O)CCCCCCCCCCCCCCCC/C=C\CCCCCCCCCCCCCCOC(=O)CCCCCCCCCCCCCCCCC. The van der Waals surface area contributed by atoms with Crippen molar-refractivity contribution in [2.75, 3.05) is 13.2 Å². The van der Waals surface area contributed by atoms with E-state index in [1.165, 1.54) is 302 Å². The normalized spacial score (nSPS) is 12.7. The minimum Gasteiger partial charge on any atom is -0.466 e. The molecule has 0 spiro atoms. The van der Waals surface area contributed by atoms with Crippen molar-refractivity contribution in [2.24, 2.45) is 0 Å². The Morgan fingerprint density at radius 3 is 0.973 bits per heavy atom. The third-order valence-electron chi connectivity index (χ3n) is 15.5. The molecule has 0 heterocycles. The van der Waals surface area contributed by atoms with Crippen molar-refractivity contribution in [1.82, 2.24) is 5.32 Å². The molecule has 2 atom stereocenters. The average Bonchev–Trinajstić information content (AvgIpc) is 3.39. The number of aliphatic hydroxyl groups excluding tert-OH is 2. The van der Waals surface area contributed by atoms with Gasteiger partial charge < -0.3 is 20.3 Å². The maximum absolute atomic E-state index is 12.4. The summed E-state index contributed by atoms with van der Waals surface area (Å²) in [6.45, 7) is 4.92. The van der Waals surface area contributed by atoms with Gasteiger partial charge >= 0.3 is 5.97 Å². The first-order valence-corrected chi connectivity index (χ1v) is 33.1. The fourth-order valence-corrected chi connectivity index (χ4v) is 10.4. The van der Waals surface area contributed by atoms with Crippen LogP contribution in [0.15, 0.2) is 24.3 Å². The number of esters is 1. The van der Waals surface area contributed by atoms with E-state index in [4.69, 9.17) is 4.74 Å². The van der Waals surface area contributed by atoms with Gasteiger partial charge in [-0.2, -0.15) is 0 Å². The number of rotatable bonds is 62. The van der Waals surface area contributed by atoms with Gasteiger partial charge in [0.1, 0.15) is 0 Å². The van der Waals surface area contributed by atoms with E-state index in [0.29, 0.717) is 19.4 Å². The van der Waals surface area contributed by atoms with Crippen molar-refractivity contribution in [3.05, 3.63) is 24.3 Å². The highest BCUT2D eigenvalue weighted by atomic mass is 16.5. The molecule has 0 aromatic rings. The van der Waals surface area contributed by atoms with Gasteiger partial charge in [0.05, 0.1) is 25.4 Å². The highest BCUT2D eigenvalue weighted by Gasteiger charge is 2.18. The summed E-state index contributed by atoms with van der Waals surface area (Å²) in [4.78, 5) is 24.5. The quantitative estimate of drug-likeness (QED) is 0.0320. The van der Waals surface area contributed by atoms with Crippen LogP contribution < -0.4 is 5.32 Å². The Bertz CT molecular complexity index is 1140. The van der Waals surface area contributed by atoms with E-state index in [-0.39, 0.29) is 18.5 Å². The Morgan fingerprint density at radius 1 is 0.370 bits per heavy atom. The van der Waals surface area contributed by atoms with Gasteiger partial charge in [-0.1, -0.05) is 321 Å². The van der Waals surface area contributed by atoms with Crippen LogP contribution in [0, 0.1) is 0 Å². The lowest BCUT2D eigenvalue weighted by Gasteiger charge is -2.20. The second-order valence-electron chi connectivity index (χ2n) is 22.8. The summed E-state index contributed by atoms with van der Waals surface area (Å²) in [5, 5.41) is 23.0. The second kappa shape index (κ2) is 62.9. The molecule has 0 bridgehead atoms. The van der Waals surface area contributed by atoms with E-state index >= 15 is 0 Å². The Kier molecular flexibility index (Phi) is 61.4. The number of aliphatic hydroxyl groups is 2. The number of amides is 1. The molecule has 6 nitrogen and oxygen atoms in total. The molecule has 0 rings (SSSR count). The van der Waals surface area contributed by atoms with Gasteiger partial charge in [-0.3, -0.25) is 9.59 Å². The van der Waals surface area contributed by atoms with Crippen molar-refractivity contribution in [3.63, 3.8) is 0 Å². The molecule has 0 aromatic heterocycles. The minimum atomic E-state index is -0.841. The number of hydrogen-bond donors (Lipinski definition) is 3. The van der Waals surface area contributed by atoms with Gasteiger partial charge in [0.25, 0.3) is 0 Å². The van der Waals surface area contributed by atoms with Crippen LogP contribution in [0.3, 0.4) is 0 Å². The molecule has 0 aliphatic rings. The van der Waals surface area contributed by atoms with Crippen LogP contribution >= 0.6 is 0 Å². The standard InChI is InChI=1S/C67H129NO5/c1-3-5-7-9-11-13-15-16-33-37-41-45-49-53-57-61-67(72)73-62-58-54-50-46-42-38-35-32-30-28-26-24-22-20-18-17-19-21-23-25-27-29-31-34-36-40-44-48-52-56-60-66(71)68-64(63-69)65(70)59-55-51-47-43-39-14-12-10-8-6-4-2/h18,20,55,59,64-65,69-70H,3-17,19,21-54,56-58,60-63H2,1-2H3,(H,68,71)/b20-18-,59-55+. The lowest BCUT2D eigenvalue weighted by atomic mass is 10.0. The van der Waals surface area contributed by atoms with Gasteiger partial charge in [0.2, 0.25) is 5.91 Å². The van der Waals surface area contributed by atoms with Crippen LogP contribution in [0.25, 0.3) is 0 Å². The Hall–Kier alpha value is -1.66. The molecule has 0 aliphatic heterocycles. The predicted molar refractivity (Wildman–Crippen MR) is 320 cm³/mol. The molecule has 0 saturated carbocycles. The fourth-order valence-electron chi connectivity index (χ4n) is 10.4. The highest BCUT2D eigenvalue weighted by Crippen LogP contribution is 2.18. The zero-order valence-corrected chi connectivity index (χ0v) is 49.4. The molecule has 73 heavy (non-hydrogen) atoms. The van der Waals surface area contributed by atoms with Crippen molar-refractivity contribution in [3.8, 4) is 0 Å². The fraction of sp³-hybridized carbons (Fsp3) is 0.910. The molecular formula is C67H129NO5. The van der Waals surface area contributed by atoms with Gasteiger partial charge in [-0.15, -0.1) is 0 Å². The van der Waals surface area contributed by atoms with Crippen LogP contribution in [-0.2, 0) is 14.3 Å². The Labute approximate surface area is 456 Å². The van der Waals surface area contributed by atoms with Gasteiger partial charge in [0, 0.05) is 12.8 Å². The average molecular weight is 1030 g/mol. The molecule has 0 aromatic carbocycles. The smallest absolute Gasteiger partial charge is 0.305 e. The lowest BCUT2D eigenvalue weighted by molar-refractivity contribution is -0.143. The lowest BCUT2D eigenvalue weighted by Crippen LogP contribution is -2.45. The second-order valence-corrected chi connectivity index (χ2v) is 22.8. The van der Waals surface area contributed by atoms with E-state index in [0.717, 1.165) is 38.5 Å². The molecule has 0 saturated heterocycles. The number of ether oxygens (including phenoxy) is 1. The largest absolute Gasteiger partial charge is 0.466 e. The van der Waals surface area contributed by atoms with Crippen LogP contribution in [0.4, 0.5) is 0 Å². The summed E-state index contributed by atoms with van der Waals surface area (Å²) < 4.78 is 5.50. The first kappa shape index (κ1) is 71.3.